The van der Waals surface area contributed by atoms with Crippen LogP contribution in [0.5, 0.6) is 0 Å². The first-order valence-corrected chi connectivity index (χ1v) is 11.7. The van der Waals surface area contributed by atoms with Crippen molar-refractivity contribution in [2.75, 3.05) is 18.6 Å². The molecule has 184 valence electrons. The van der Waals surface area contributed by atoms with Crippen molar-refractivity contribution in [2.24, 2.45) is 5.16 Å². The molecule has 0 aliphatic carbocycles. The summed E-state index contributed by atoms with van der Waals surface area (Å²) in [5, 5.41) is 22.1. The van der Waals surface area contributed by atoms with Crippen molar-refractivity contribution in [2.45, 2.75) is 18.0 Å². The number of anilines is 1. The highest BCUT2D eigenvalue weighted by atomic mass is 32.2. The fourth-order valence-corrected chi connectivity index (χ4v) is 5.51. The molecule has 0 saturated carbocycles. The number of pyridine rings is 1. The molecular weight excluding hydrogens is 490 g/mol. The SMILES string of the molecule is CON=C(C(=O)NC1C(=O)N2C(C(=O)[O-])=C(C[n+]3cccc4ccccc43)CS[C@@H]12)c1noc(N)n1. The van der Waals surface area contributed by atoms with E-state index in [2.05, 4.69) is 30.0 Å². The fourth-order valence-electron chi connectivity index (χ4n) is 4.17. The van der Waals surface area contributed by atoms with Crippen LogP contribution in [0, 0.1) is 0 Å². The lowest BCUT2D eigenvalue weighted by molar-refractivity contribution is -0.663. The van der Waals surface area contributed by atoms with Gasteiger partial charge in [-0.3, -0.25) is 14.5 Å². The number of aromatic nitrogens is 3. The number of carbonyl (C=O) groups excluding carboxylic acids is 3. The number of nitrogens with two attached hydrogens (primary N) is 1. The molecule has 36 heavy (non-hydrogen) atoms. The van der Waals surface area contributed by atoms with E-state index in [9.17, 15) is 19.5 Å². The van der Waals surface area contributed by atoms with Crippen molar-refractivity contribution >= 4 is 52.2 Å². The van der Waals surface area contributed by atoms with Gasteiger partial charge in [-0.25, -0.2) is 0 Å². The predicted octanol–water partition coefficient (Wildman–Crippen LogP) is -1.45. The van der Waals surface area contributed by atoms with Gasteiger partial charge < -0.3 is 30.3 Å². The Hall–Kier alpha value is -4.46. The maximum absolute atomic E-state index is 13.0. The van der Waals surface area contributed by atoms with Gasteiger partial charge in [-0.1, -0.05) is 22.4 Å². The number of hydrogen-bond acceptors (Lipinski definition) is 11. The minimum atomic E-state index is -1.46. The number of carboxylic acid groups (broad SMARTS) is 1. The van der Waals surface area contributed by atoms with Gasteiger partial charge in [0.25, 0.3) is 11.8 Å². The summed E-state index contributed by atoms with van der Waals surface area (Å²) in [4.78, 5) is 47.5. The normalized spacial score (nSPS) is 19.6. The number of nitrogens with one attached hydrogen (secondary N) is 1. The monoisotopic (exact) mass is 509 g/mol. The molecule has 14 heteroatoms. The number of thioether (sulfide) groups is 1. The van der Waals surface area contributed by atoms with Crippen molar-refractivity contribution < 1.29 is 33.4 Å². The first-order chi connectivity index (χ1) is 17.4. The zero-order valence-electron chi connectivity index (χ0n) is 18.8. The largest absolute Gasteiger partial charge is 0.543 e. The van der Waals surface area contributed by atoms with Crippen LogP contribution in [0.1, 0.15) is 5.82 Å². The van der Waals surface area contributed by atoms with Crippen LogP contribution in [0.3, 0.4) is 0 Å². The number of nitrogen functional groups attached to an aromatic ring is 1. The molecule has 2 atom stereocenters. The first-order valence-electron chi connectivity index (χ1n) is 10.7. The van der Waals surface area contributed by atoms with Crippen molar-refractivity contribution in [1.29, 1.82) is 0 Å². The van der Waals surface area contributed by atoms with Gasteiger partial charge in [-0.2, -0.15) is 9.55 Å². The number of β-lactam (4-membered cyclic amide) rings is 1. The molecule has 1 aromatic carbocycles. The summed E-state index contributed by atoms with van der Waals surface area (Å²) >= 11 is 1.33. The van der Waals surface area contributed by atoms with Gasteiger partial charge in [0, 0.05) is 28.8 Å². The smallest absolute Gasteiger partial charge is 0.319 e. The summed E-state index contributed by atoms with van der Waals surface area (Å²) in [5.74, 6) is -2.77. The third-order valence-corrected chi connectivity index (χ3v) is 7.07. The summed E-state index contributed by atoms with van der Waals surface area (Å²) in [7, 11) is 1.22. The summed E-state index contributed by atoms with van der Waals surface area (Å²) in [6, 6.07) is 10.3. The number of rotatable bonds is 7. The van der Waals surface area contributed by atoms with E-state index in [-0.39, 0.29) is 29.8 Å². The number of carboxylic acids is 1. The Bertz CT molecular complexity index is 1450. The van der Waals surface area contributed by atoms with E-state index in [0.29, 0.717) is 11.3 Å². The van der Waals surface area contributed by atoms with Crippen LogP contribution in [0.15, 0.2) is 63.5 Å². The second-order valence-corrected chi connectivity index (χ2v) is 8.98. The zero-order chi connectivity index (χ0) is 25.4. The third kappa shape index (κ3) is 4.00. The first kappa shape index (κ1) is 23.3. The molecule has 3 aromatic rings. The number of aliphatic carboxylic acids is 1. The average Bonchev–Trinajstić information content (AvgIpc) is 3.31. The highest BCUT2D eigenvalue weighted by Crippen LogP contribution is 2.40. The fraction of sp³-hybridized carbons (Fsp3) is 0.227. The van der Waals surface area contributed by atoms with Crippen LogP contribution in [-0.4, -0.2) is 62.8 Å². The second-order valence-electron chi connectivity index (χ2n) is 7.87. The highest BCUT2D eigenvalue weighted by Gasteiger charge is 2.53. The summed E-state index contributed by atoms with van der Waals surface area (Å²) in [6.07, 6.45) is 1.85. The van der Waals surface area contributed by atoms with E-state index in [1.807, 2.05) is 47.2 Å². The van der Waals surface area contributed by atoms with Crippen LogP contribution in [0.4, 0.5) is 6.01 Å². The molecule has 2 amide bonds. The molecule has 3 N–H and O–H groups in total. The van der Waals surface area contributed by atoms with Crippen LogP contribution < -0.4 is 20.7 Å². The lowest BCUT2D eigenvalue weighted by Gasteiger charge is -2.50. The number of carbonyl (C=O) groups is 3. The molecule has 2 aliphatic heterocycles. The van der Waals surface area contributed by atoms with Crippen LogP contribution in [-0.2, 0) is 25.8 Å². The van der Waals surface area contributed by atoms with Crippen molar-refractivity contribution in [3.8, 4) is 0 Å². The van der Waals surface area contributed by atoms with E-state index >= 15 is 0 Å². The quantitative estimate of drug-likeness (QED) is 0.165. The lowest BCUT2D eigenvalue weighted by Crippen LogP contribution is -2.71. The predicted molar refractivity (Wildman–Crippen MR) is 123 cm³/mol. The maximum Gasteiger partial charge on any atom is 0.319 e. The molecule has 1 unspecified atom stereocenters. The van der Waals surface area contributed by atoms with E-state index in [1.165, 1.54) is 18.9 Å². The molecular formula is C22H19N7O6S. The Morgan fingerprint density at radius 1 is 1.36 bits per heavy atom. The van der Waals surface area contributed by atoms with Gasteiger partial charge in [0.1, 0.15) is 18.5 Å². The molecule has 5 rings (SSSR count). The average molecular weight is 510 g/mol. The van der Waals surface area contributed by atoms with Crippen LogP contribution in [0.25, 0.3) is 10.9 Å². The molecule has 2 aromatic heterocycles. The summed E-state index contributed by atoms with van der Waals surface area (Å²) < 4.78 is 6.58. The van der Waals surface area contributed by atoms with Gasteiger partial charge in [0.15, 0.2) is 12.7 Å². The Morgan fingerprint density at radius 3 is 2.86 bits per heavy atom. The molecule has 4 heterocycles. The summed E-state index contributed by atoms with van der Waals surface area (Å²) in [5.41, 5.74) is 6.31. The van der Waals surface area contributed by atoms with E-state index in [0.717, 1.165) is 15.8 Å². The van der Waals surface area contributed by atoms with Gasteiger partial charge in [0.2, 0.25) is 17.1 Å². The van der Waals surface area contributed by atoms with Gasteiger partial charge in [0.05, 0.1) is 11.7 Å². The standard InChI is InChI=1S/C22H19N7O6S/c1-34-26-14(17-25-22(23)35-27-17)18(30)24-15-19(31)29-16(21(32)33)12(10-36-20(15)29)9-28-8-4-6-11-5-2-3-7-13(11)28/h2-8,15,20H,9-10H2,1H3,(H3-,23,24,25,27,30,32,33)/t15?,20-/m0/s1. The number of fused-ring (bicyclic) bond motifs is 2. The van der Waals surface area contributed by atoms with Crippen LogP contribution >= 0.6 is 11.8 Å². The molecule has 0 radical (unpaired) electrons. The Labute approximate surface area is 207 Å². The minimum Gasteiger partial charge on any atom is -0.543 e. The molecule has 1 saturated heterocycles. The number of amides is 2. The third-order valence-electron chi connectivity index (χ3n) is 5.73. The molecule has 1 fully saturated rings. The number of para-hydroxylation sites is 1. The zero-order valence-corrected chi connectivity index (χ0v) is 19.6. The molecule has 13 nitrogen and oxygen atoms in total. The van der Waals surface area contributed by atoms with E-state index in [4.69, 9.17) is 5.73 Å². The van der Waals surface area contributed by atoms with E-state index < -0.39 is 29.2 Å². The van der Waals surface area contributed by atoms with Crippen molar-refractivity contribution in [3.05, 3.63) is 59.7 Å². The second kappa shape index (κ2) is 9.30. The topological polar surface area (TPSA) is 180 Å². The van der Waals surface area contributed by atoms with E-state index in [1.54, 1.807) is 0 Å². The molecule has 0 bridgehead atoms. The lowest BCUT2D eigenvalue weighted by atomic mass is 10.0. The van der Waals surface area contributed by atoms with Gasteiger partial charge >= 0.3 is 6.01 Å². The number of benzene rings is 1. The Balaban J connectivity index is 1.38. The number of nitrogens with zero attached hydrogens (tertiary/aromatic N) is 5. The minimum absolute atomic E-state index is 0.189. The van der Waals surface area contributed by atoms with Crippen LogP contribution in [0.2, 0.25) is 0 Å². The summed E-state index contributed by atoms with van der Waals surface area (Å²) in [6.45, 7) is 0.259. The number of oxime groups is 1. The molecule has 0 spiro atoms. The van der Waals surface area contributed by atoms with Crippen molar-refractivity contribution in [3.63, 3.8) is 0 Å². The maximum atomic E-state index is 13.0. The van der Waals surface area contributed by atoms with Gasteiger partial charge in [-0.15, -0.1) is 11.8 Å². The van der Waals surface area contributed by atoms with Crippen molar-refractivity contribution in [1.82, 2.24) is 20.4 Å². The highest BCUT2D eigenvalue weighted by molar-refractivity contribution is 8.00. The Kier molecular flexibility index (Phi) is 6.01. The number of hydrogen-bond donors (Lipinski definition) is 2. The molecule has 2 aliphatic rings. The Morgan fingerprint density at radius 2 is 2.14 bits per heavy atom. The van der Waals surface area contributed by atoms with Gasteiger partial charge in [-0.05, 0) is 12.1 Å².